The average Bonchev–Trinajstić information content (AvgIpc) is 1.34. The van der Waals surface area contributed by atoms with Gasteiger partial charge in [0.05, 0.1) is 31.0 Å². The minimum absolute atomic E-state index is 0. The van der Waals surface area contributed by atoms with E-state index in [1.807, 2.05) is 42.5 Å². The number of fused-ring (bicyclic) bond motifs is 1. The van der Waals surface area contributed by atoms with Crippen molar-refractivity contribution in [3.63, 3.8) is 0 Å². The molecule has 2 aliphatic rings. The number of rotatable bonds is 25. The van der Waals surface area contributed by atoms with Crippen LogP contribution in [0, 0.1) is 0 Å². The largest absolute Gasteiger partial charge is 3.00 e. The number of carbonyl (C=O) groups is 11. The molecule has 4 aromatic rings. The van der Waals surface area contributed by atoms with E-state index in [1.54, 1.807) is 26.8 Å². The fraction of sp³-hybridized carbons (Fsp3) is 0.443. The molecule has 4 aromatic carbocycles. The van der Waals surface area contributed by atoms with E-state index in [1.165, 1.54) is 41.3 Å². The standard InChI is InChI=1S/C61H81N15O15.Ga/c62-61(63)66-21-4-8-47-59(90)72-48(33-40-9-12-41-5-1-2-6-43(41)31-40)57(88)67-34-51(79)69-49(32-39-10-17-45(77)18-11-39)60(91)71-46(58(89)70-47)7-3-20-65-56(87)42-13-15-44(16-14-42)68-50(78)19-22-64-52(80)35-73-23-25-74(36-53(81)82)27-29-76(38-55(85)86)30-28-75(26-24-73)37-54(83)84;/h1-2,5-6,9-18,31,46-49,77H,3-4,7-8,19-30,32-38H2,(H,64,80)(H,65,87)(H,67,88)(H,68,78)(H,69,79)(H,70,89)(H,71,91)(H,72,90)(H,81,82)(H,83,84)(H,85,86)(H4,62,63,66);/q;+3/p-3/t46-,47+,48+,49-;/m1./s1. The zero-order valence-electron chi connectivity index (χ0n) is 50.9. The first-order valence-corrected chi connectivity index (χ1v) is 29.8. The van der Waals surface area contributed by atoms with E-state index in [2.05, 4.69) is 47.5 Å². The number of nitrogens with two attached hydrogens (primary N) is 2. The van der Waals surface area contributed by atoms with Gasteiger partial charge in [0.1, 0.15) is 29.9 Å². The number of amides is 8. The summed E-state index contributed by atoms with van der Waals surface area (Å²) in [6.07, 6.45) is -0.0849. The van der Waals surface area contributed by atoms with Crippen LogP contribution in [0.4, 0.5) is 5.69 Å². The van der Waals surface area contributed by atoms with Crippen LogP contribution in [0.1, 0.15) is 53.6 Å². The summed E-state index contributed by atoms with van der Waals surface area (Å²) < 4.78 is 0. The first kappa shape index (κ1) is 73.6. The van der Waals surface area contributed by atoms with Crippen LogP contribution in [0.25, 0.3) is 10.8 Å². The average molecular weight is 1330 g/mol. The van der Waals surface area contributed by atoms with E-state index in [4.69, 9.17) is 11.5 Å². The number of aliphatic imine (C=N–C) groups is 1. The Morgan fingerprint density at radius 2 is 1.03 bits per heavy atom. The number of carboxylic acid groups (broad SMARTS) is 3. The Kier molecular flexibility index (Phi) is 30.3. The Balaban J connectivity index is 0.0000154. The number of aromatic hydroxyl groups is 1. The van der Waals surface area contributed by atoms with E-state index < -0.39 is 116 Å². The quantitative estimate of drug-likeness (QED) is 0.0127. The molecule has 2 heterocycles. The Morgan fingerprint density at radius 1 is 0.543 bits per heavy atom. The number of phenols is 1. The summed E-state index contributed by atoms with van der Waals surface area (Å²) in [5, 5.41) is 67.8. The number of carbonyl (C=O) groups excluding carboxylic acids is 11. The van der Waals surface area contributed by atoms with Crippen molar-refractivity contribution in [2.24, 2.45) is 16.5 Å². The van der Waals surface area contributed by atoms with E-state index in [-0.39, 0.29) is 161 Å². The van der Waals surface area contributed by atoms with Crippen molar-refractivity contribution in [1.29, 1.82) is 0 Å². The van der Waals surface area contributed by atoms with Gasteiger partial charge in [0, 0.05) is 122 Å². The van der Waals surface area contributed by atoms with Gasteiger partial charge in [-0.15, -0.1) is 0 Å². The molecule has 2 aliphatic heterocycles. The van der Waals surface area contributed by atoms with Crippen LogP contribution in [0.3, 0.4) is 0 Å². The summed E-state index contributed by atoms with van der Waals surface area (Å²) >= 11 is 0. The molecule has 0 aromatic heterocycles. The van der Waals surface area contributed by atoms with Gasteiger partial charge in [-0.2, -0.15) is 0 Å². The molecule has 92 heavy (non-hydrogen) atoms. The van der Waals surface area contributed by atoms with E-state index >= 15 is 0 Å². The second-order valence-corrected chi connectivity index (χ2v) is 22.1. The van der Waals surface area contributed by atoms with Gasteiger partial charge in [-0.05, 0) is 84.0 Å². The third-order valence-corrected chi connectivity index (χ3v) is 15.0. The normalized spacial score (nSPS) is 18.8. The van der Waals surface area contributed by atoms with Gasteiger partial charge >= 0.3 is 19.8 Å². The summed E-state index contributed by atoms with van der Waals surface area (Å²) in [5.74, 6) is -9.58. The smallest absolute Gasteiger partial charge is 0.549 e. The van der Waals surface area contributed by atoms with Crippen LogP contribution in [0.15, 0.2) is 96.0 Å². The van der Waals surface area contributed by atoms with Crippen LogP contribution >= 0.6 is 0 Å². The maximum absolute atomic E-state index is 14.4. The van der Waals surface area contributed by atoms with Crippen molar-refractivity contribution >= 4 is 107 Å². The van der Waals surface area contributed by atoms with Crippen molar-refractivity contribution in [3.05, 3.63) is 108 Å². The van der Waals surface area contributed by atoms with Crippen LogP contribution in [-0.4, -0.2) is 245 Å². The van der Waals surface area contributed by atoms with E-state index in [0.717, 1.165) is 10.8 Å². The zero-order chi connectivity index (χ0) is 65.8. The third kappa shape index (κ3) is 26.4. The molecule has 0 spiro atoms. The predicted molar refractivity (Wildman–Crippen MR) is 331 cm³/mol. The fourth-order valence-electron chi connectivity index (χ4n) is 10.2. The molecule has 0 saturated carbocycles. The molecular weight excluding hydrogens is 1250 g/mol. The maximum Gasteiger partial charge on any atom is 3.00 e. The van der Waals surface area contributed by atoms with Crippen LogP contribution in [0.5, 0.6) is 5.75 Å². The molecule has 0 radical (unpaired) electrons. The first-order valence-electron chi connectivity index (χ1n) is 29.8. The Hall–Kier alpha value is -9.14. The monoisotopic (exact) mass is 1330 g/mol. The number of guanidine groups is 1. The van der Waals surface area contributed by atoms with Gasteiger partial charge in [-0.3, -0.25) is 62.9 Å². The SMILES string of the molecule is NC(N)=NCCC[C@@H]1NC(=O)[C@@H](CCCNC(=O)c2ccc(NC(=O)CCNC(=O)CN3CCN(CC(=O)[O-])CCN(CC(=O)[O-])CCN(CC(=O)[O-])CC3)cc2)NC(=O)[C@@H](Cc2ccc(O)cc2)NC(=O)CNC(=O)[C@H](Cc2ccc3ccccc3c2)NC1=O.[Ga+3]. The molecular formula is C61H78GaN15O15. The Bertz CT molecular complexity index is 3200. The van der Waals surface area contributed by atoms with Crippen molar-refractivity contribution < 1.29 is 73.2 Å². The number of aliphatic carboxylic acids is 3. The summed E-state index contributed by atoms with van der Waals surface area (Å²) in [6, 6.07) is 19.7. The van der Waals surface area contributed by atoms with Crippen molar-refractivity contribution in [2.45, 2.75) is 69.1 Å². The number of hydrogen-bond acceptors (Lipinski definition) is 20. The number of carboxylic acids is 3. The summed E-state index contributed by atoms with van der Waals surface area (Å²) in [6.45, 7) is -0.943. The number of nitrogens with one attached hydrogen (secondary N) is 8. The van der Waals surface area contributed by atoms with E-state index in [9.17, 15) is 73.2 Å². The number of phenolic OH excluding ortho intramolecular Hbond substituents is 1. The molecule has 8 amide bonds. The van der Waals surface area contributed by atoms with Gasteiger partial charge in [0.2, 0.25) is 41.4 Å². The molecule has 30 nitrogen and oxygen atoms in total. The van der Waals surface area contributed by atoms with Crippen LogP contribution in [0.2, 0.25) is 0 Å². The van der Waals surface area contributed by atoms with Crippen LogP contribution < -0.4 is 69.3 Å². The fourth-order valence-corrected chi connectivity index (χ4v) is 10.2. The molecule has 6 rings (SSSR count). The summed E-state index contributed by atoms with van der Waals surface area (Å²) in [4.78, 5) is 155. The predicted octanol–water partition coefficient (Wildman–Crippen LogP) is -6.80. The molecule has 0 bridgehead atoms. The molecule has 2 saturated heterocycles. The Morgan fingerprint density at radius 3 is 1.59 bits per heavy atom. The van der Waals surface area contributed by atoms with Crippen molar-refractivity contribution in [2.75, 3.05) is 110 Å². The minimum atomic E-state index is -1.35. The van der Waals surface area contributed by atoms with Crippen LogP contribution in [-0.2, 0) is 60.8 Å². The minimum Gasteiger partial charge on any atom is -0.549 e. The second-order valence-electron chi connectivity index (χ2n) is 22.1. The molecule has 4 atom stereocenters. The summed E-state index contributed by atoms with van der Waals surface area (Å²) in [7, 11) is 0. The molecule has 0 unspecified atom stereocenters. The van der Waals surface area contributed by atoms with Gasteiger partial charge < -0.3 is 88.8 Å². The van der Waals surface area contributed by atoms with Gasteiger partial charge in [-0.25, -0.2) is 0 Å². The molecule has 13 N–H and O–H groups in total. The Labute approximate surface area is 544 Å². The van der Waals surface area contributed by atoms with E-state index in [0.29, 0.717) is 16.8 Å². The van der Waals surface area contributed by atoms with Gasteiger partial charge in [0.25, 0.3) is 5.91 Å². The molecule has 490 valence electrons. The number of benzene rings is 4. The van der Waals surface area contributed by atoms with Crippen molar-refractivity contribution in [3.8, 4) is 5.75 Å². The van der Waals surface area contributed by atoms with Crippen molar-refractivity contribution in [1.82, 2.24) is 56.8 Å². The zero-order valence-corrected chi connectivity index (χ0v) is 53.3. The molecule has 31 heteroatoms. The maximum atomic E-state index is 14.4. The topological polar surface area (TPSA) is 451 Å². The molecule has 2 fully saturated rings. The number of anilines is 1. The van der Waals surface area contributed by atoms with Gasteiger partial charge in [0.15, 0.2) is 5.96 Å². The van der Waals surface area contributed by atoms with Gasteiger partial charge in [-0.1, -0.05) is 54.6 Å². The first-order chi connectivity index (χ1) is 43.5. The number of hydrogen-bond donors (Lipinski definition) is 11. The molecule has 0 aliphatic carbocycles. The third-order valence-electron chi connectivity index (χ3n) is 15.0. The number of nitrogens with zero attached hydrogens (tertiary/aromatic N) is 5. The second kappa shape index (κ2) is 37.9. The summed E-state index contributed by atoms with van der Waals surface area (Å²) in [5.41, 5.74) is 12.8.